The maximum absolute atomic E-state index is 12.2. The average molecular weight is 385 g/mol. The minimum atomic E-state index is -0.470. The van der Waals surface area contributed by atoms with Crippen molar-refractivity contribution in [2.45, 2.75) is 51.1 Å². The van der Waals surface area contributed by atoms with Crippen LogP contribution in [0.3, 0.4) is 0 Å². The van der Waals surface area contributed by atoms with Crippen molar-refractivity contribution in [3.8, 4) is 0 Å². The molecule has 1 aliphatic carbocycles. The number of anilines is 1. The Morgan fingerprint density at radius 2 is 2.12 bits per heavy atom. The first kappa shape index (κ1) is 21.5. The molecule has 0 fully saturated rings. The Morgan fingerprint density at radius 3 is 2.88 bits per heavy atom. The fraction of sp³-hybridized carbons (Fsp3) is 0.444. The van der Waals surface area contributed by atoms with Crippen molar-refractivity contribution in [2.24, 2.45) is 5.73 Å². The van der Waals surface area contributed by atoms with Crippen LogP contribution in [-0.4, -0.2) is 21.7 Å². The molecular formula is C18H26Cl2N4O. The number of hydrogen-bond acceptors (Lipinski definition) is 3. The van der Waals surface area contributed by atoms with Gasteiger partial charge in [0.2, 0.25) is 5.91 Å². The SMILES string of the molecule is CCCC(N)C(=O)Nc1ccnn1C1CCCc2ccccc21.Cl.Cl. The third-order valence-electron chi connectivity index (χ3n) is 4.49. The molecule has 0 saturated heterocycles. The highest BCUT2D eigenvalue weighted by Gasteiger charge is 2.24. The summed E-state index contributed by atoms with van der Waals surface area (Å²) in [6.07, 6.45) is 6.58. The average Bonchev–Trinajstić information content (AvgIpc) is 3.02. The van der Waals surface area contributed by atoms with Gasteiger partial charge in [0.15, 0.2) is 0 Å². The topological polar surface area (TPSA) is 72.9 Å². The molecule has 25 heavy (non-hydrogen) atoms. The van der Waals surface area contributed by atoms with Gasteiger partial charge in [-0.05, 0) is 36.8 Å². The lowest BCUT2D eigenvalue weighted by Crippen LogP contribution is -2.36. The Hall–Kier alpha value is -1.56. The van der Waals surface area contributed by atoms with E-state index >= 15 is 0 Å². The third kappa shape index (κ3) is 4.75. The summed E-state index contributed by atoms with van der Waals surface area (Å²) in [5.74, 6) is 0.584. The molecular weight excluding hydrogens is 359 g/mol. The van der Waals surface area contributed by atoms with Crippen molar-refractivity contribution < 1.29 is 4.79 Å². The molecule has 0 bridgehead atoms. The van der Waals surface area contributed by atoms with Crippen LogP contribution in [0, 0.1) is 0 Å². The van der Waals surface area contributed by atoms with E-state index in [0.29, 0.717) is 6.42 Å². The van der Waals surface area contributed by atoms with E-state index in [1.54, 1.807) is 6.20 Å². The number of nitrogens with two attached hydrogens (primary N) is 1. The standard InChI is InChI=1S/C18H24N4O.2ClH/c1-2-6-15(19)18(23)21-17-11-12-20-22(17)16-10-5-8-13-7-3-4-9-14(13)16;;/h3-4,7,9,11-12,15-16H,2,5-6,8,10,19H2,1H3,(H,21,23);2*1H. The molecule has 138 valence electrons. The van der Waals surface area contributed by atoms with Crippen molar-refractivity contribution in [1.82, 2.24) is 9.78 Å². The molecule has 0 spiro atoms. The minimum absolute atomic E-state index is 0. The zero-order valence-electron chi connectivity index (χ0n) is 14.4. The Labute approximate surface area is 161 Å². The predicted octanol–water partition coefficient (Wildman–Crippen LogP) is 3.72. The lowest BCUT2D eigenvalue weighted by Gasteiger charge is -2.27. The summed E-state index contributed by atoms with van der Waals surface area (Å²) in [6.45, 7) is 2.02. The number of nitrogens with zero attached hydrogens (tertiary/aromatic N) is 2. The molecule has 2 unspecified atom stereocenters. The highest BCUT2D eigenvalue weighted by molar-refractivity contribution is 5.93. The van der Waals surface area contributed by atoms with E-state index in [2.05, 4.69) is 34.7 Å². The molecule has 0 radical (unpaired) electrons. The van der Waals surface area contributed by atoms with Crippen LogP contribution in [0.5, 0.6) is 0 Å². The van der Waals surface area contributed by atoms with Crippen molar-refractivity contribution in [2.75, 3.05) is 5.32 Å². The number of benzene rings is 1. The monoisotopic (exact) mass is 384 g/mol. The Morgan fingerprint density at radius 1 is 1.36 bits per heavy atom. The maximum Gasteiger partial charge on any atom is 0.242 e. The fourth-order valence-electron chi connectivity index (χ4n) is 3.30. The summed E-state index contributed by atoms with van der Waals surface area (Å²) < 4.78 is 1.93. The summed E-state index contributed by atoms with van der Waals surface area (Å²) in [4.78, 5) is 12.2. The Kier molecular flexibility index (Phi) is 8.42. The highest BCUT2D eigenvalue weighted by atomic mass is 35.5. The van der Waals surface area contributed by atoms with E-state index in [4.69, 9.17) is 5.73 Å². The van der Waals surface area contributed by atoms with Crippen LogP contribution in [0.2, 0.25) is 0 Å². The minimum Gasteiger partial charge on any atom is -0.320 e. The van der Waals surface area contributed by atoms with Crippen LogP contribution in [0.1, 0.15) is 49.8 Å². The Bertz CT molecular complexity index is 689. The second-order valence-electron chi connectivity index (χ2n) is 6.15. The van der Waals surface area contributed by atoms with Crippen molar-refractivity contribution in [3.63, 3.8) is 0 Å². The van der Waals surface area contributed by atoms with Gasteiger partial charge in [-0.1, -0.05) is 37.6 Å². The summed E-state index contributed by atoms with van der Waals surface area (Å²) in [6, 6.07) is 10.0. The van der Waals surface area contributed by atoms with Crippen molar-refractivity contribution >= 4 is 36.5 Å². The van der Waals surface area contributed by atoms with Crippen LogP contribution in [0.25, 0.3) is 0 Å². The fourth-order valence-corrected chi connectivity index (χ4v) is 3.30. The second kappa shape index (κ2) is 9.80. The molecule has 5 nitrogen and oxygen atoms in total. The number of hydrogen-bond donors (Lipinski definition) is 2. The highest BCUT2D eigenvalue weighted by Crippen LogP contribution is 2.34. The third-order valence-corrected chi connectivity index (χ3v) is 4.49. The molecule has 1 aromatic heterocycles. The number of halogens is 2. The van der Waals surface area contributed by atoms with Crippen molar-refractivity contribution in [3.05, 3.63) is 47.7 Å². The van der Waals surface area contributed by atoms with E-state index in [1.165, 1.54) is 11.1 Å². The lowest BCUT2D eigenvalue weighted by atomic mass is 9.88. The van der Waals surface area contributed by atoms with E-state index < -0.39 is 6.04 Å². The molecule has 2 atom stereocenters. The molecule has 0 saturated carbocycles. The first-order valence-electron chi connectivity index (χ1n) is 8.38. The number of carbonyl (C=O) groups is 1. The van der Waals surface area contributed by atoms with E-state index in [0.717, 1.165) is 31.5 Å². The number of aryl methyl sites for hydroxylation is 1. The van der Waals surface area contributed by atoms with Gasteiger partial charge >= 0.3 is 0 Å². The smallest absolute Gasteiger partial charge is 0.242 e. The van der Waals surface area contributed by atoms with Gasteiger partial charge in [-0.15, -0.1) is 24.8 Å². The summed E-state index contributed by atoms with van der Waals surface area (Å²) >= 11 is 0. The predicted molar refractivity (Wildman–Crippen MR) is 106 cm³/mol. The number of nitrogens with one attached hydrogen (secondary N) is 1. The van der Waals surface area contributed by atoms with E-state index in [9.17, 15) is 4.79 Å². The normalized spacial score (nSPS) is 16.8. The molecule has 1 aromatic carbocycles. The molecule has 1 amide bonds. The van der Waals surface area contributed by atoms with Gasteiger partial charge in [0.25, 0.3) is 0 Å². The van der Waals surface area contributed by atoms with Gasteiger partial charge in [-0.25, -0.2) is 4.68 Å². The van der Waals surface area contributed by atoms with Gasteiger partial charge in [-0.3, -0.25) is 4.79 Å². The van der Waals surface area contributed by atoms with Crippen LogP contribution < -0.4 is 11.1 Å². The lowest BCUT2D eigenvalue weighted by molar-refractivity contribution is -0.117. The Balaban J connectivity index is 0.00000156. The largest absolute Gasteiger partial charge is 0.320 e. The first-order valence-corrected chi connectivity index (χ1v) is 8.38. The zero-order chi connectivity index (χ0) is 16.2. The van der Waals surface area contributed by atoms with Gasteiger partial charge < -0.3 is 11.1 Å². The van der Waals surface area contributed by atoms with Gasteiger partial charge in [0.1, 0.15) is 5.82 Å². The van der Waals surface area contributed by atoms with E-state index in [-0.39, 0.29) is 36.8 Å². The van der Waals surface area contributed by atoms with Crippen LogP contribution in [-0.2, 0) is 11.2 Å². The number of carbonyl (C=O) groups excluding carboxylic acids is 1. The molecule has 0 aliphatic heterocycles. The maximum atomic E-state index is 12.2. The number of amides is 1. The molecule has 1 aliphatic rings. The number of aromatic nitrogens is 2. The molecule has 7 heteroatoms. The number of fused-ring (bicyclic) bond motifs is 1. The second-order valence-corrected chi connectivity index (χ2v) is 6.15. The summed E-state index contributed by atoms with van der Waals surface area (Å²) in [5.41, 5.74) is 8.58. The molecule has 2 aromatic rings. The molecule has 1 heterocycles. The van der Waals surface area contributed by atoms with Gasteiger partial charge in [-0.2, -0.15) is 5.10 Å². The van der Waals surface area contributed by atoms with Gasteiger partial charge in [0, 0.05) is 6.07 Å². The van der Waals surface area contributed by atoms with E-state index in [1.807, 2.05) is 17.7 Å². The van der Waals surface area contributed by atoms with Crippen LogP contribution in [0.4, 0.5) is 5.82 Å². The van der Waals surface area contributed by atoms with Gasteiger partial charge in [0.05, 0.1) is 18.3 Å². The molecule has 3 N–H and O–H groups in total. The van der Waals surface area contributed by atoms with Crippen LogP contribution >= 0.6 is 24.8 Å². The summed E-state index contributed by atoms with van der Waals surface area (Å²) in [5, 5.41) is 7.40. The van der Waals surface area contributed by atoms with Crippen molar-refractivity contribution in [1.29, 1.82) is 0 Å². The van der Waals surface area contributed by atoms with Crippen LogP contribution in [0.15, 0.2) is 36.5 Å². The quantitative estimate of drug-likeness (QED) is 0.824. The first-order chi connectivity index (χ1) is 11.2. The molecule has 3 rings (SSSR count). The zero-order valence-corrected chi connectivity index (χ0v) is 16.0. The summed E-state index contributed by atoms with van der Waals surface area (Å²) in [7, 11) is 0. The number of rotatable bonds is 5.